The molecule has 144 valence electrons. The molecular weight excluding hydrogens is 336 g/mol. The number of aryl methyl sites for hydroxylation is 3. The van der Waals surface area contributed by atoms with Crippen molar-refractivity contribution >= 4 is 11.6 Å². The van der Waals surface area contributed by atoms with Crippen molar-refractivity contribution in [2.45, 2.75) is 33.2 Å². The summed E-state index contributed by atoms with van der Waals surface area (Å²) >= 11 is 0. The summed E-state index contributed by atoms with van der Waals surface area (Å²) in [6.07, 6.45) is 1.34. The standard InChI is InChI=1S/C23H30N2O2/c1-18-4-7-21(19(2)16-18)8-11-23(26)24(3)17-20-5-9-22(10-6-20)25-12-14-27-15-13-25/h4-7,9-10,16H,8,11-15,17H2,1-3H3. The Balaban J connectivity index is 1.51. The van der Waals surface area contributed by atoms with Crippen molar-refractivity contribution in [2.24, 2.45) is 0 Å². The van der Waals surface area contributed by atoms with Crippen molar-refractivity contribution in [3.05, 3.63) is 64.7 Å². The van der Waals surface area contributed by atoms with Crippen LogP contribution in [0, 0.1) is 13.8 Å². The monoisotopic (exact) mass is 366 g/mol. The third-order valence-electron chi connectivity index (χ3n) is 5.26. The predicted molar refractivity (Wildman–Crippen MR) is 110 cm³/mol. The number of hydrogen-bond donors (Lipinski definition) is 0. The number of morpholine rings is 1. The van der Waals surface area contributed by atoms with Gasteiger partial charge in [-0.2, -0.15) is 0 Å². The molecule has 1 saturated heterocycles. The second-order valence-electron chi connectivity index (χ2n) is 7.45. The number of nitrogens with zero attached hydrogens (tertiary/aromatic N) is 2. The van der Waals surface area contributed by atoms with E-state index in [2.05, 4.69) is 61.2 Å². The van der Waals surface area contributed by atoms with Gasteiger partial charge in [-0.05, 0) is 49.1 Å². The summed E-state index contributed by atoms with van der Waals surface area (Å²) in [5, 5.41) is 0. The van der Waals surface area contributed by atoms with E-state index in [0.29, 0.717) is 13.0 Å². The highest BCUT2D eigenvalue weighted by Crippen LogP contribution is 2.18. The van der Waals surface area contributed by atoms with Crippen LogP contribution in [0.3, 0.4) is 0 Å². The fraction of sp³-hybridized carbons (Fsp3) is 0.435. The molecule has 1 heterocycles. The Morgan fingerprint density at radius 1 is 1.07 bits per heavy atom. The van der Waals surface area contributed by atoms with Crippen LogP contribution in [0.25, 0.3) is 0 Å². The summed E-state index contributed by atoms with van der Waals surface area (Å²) in [5.41, 5.74) is 6.18. The van der Waals surface area contributed by atoms with Gasteiger partial charge in [0.25, 0.3) is 0 Å². The van der Waals surface area contributed by atoms with Gasteiger partial charge in [-0.25, -0.2) is 0 Å². The minimum Gasteiger partial charge on any atom is -0.378 e. The first-order valence-corrected chi connectivity index (χ1v) is 9.74. The maximum Gasteiger partial charge on any atom is 0.222 e. The molecule has 0 aliphatic carbocycles. The van der Waals surface area contributed by atoms with E-state index in [1.54, 1.807) is 0 Å². The van der Waals surface area contributed by atoms with Crippen LogP contribution in [0.15, 0.2) is 42.5 Å². The van der Waals surface area contributed by atoms with Gasteiger partial charge in [0.05, 0.1) is 13.2 Å². The molecule has 4 nitrogen and oxygen atoms in total. The van der Waals surface area contributed by atoms with Crippen LogP contribution in [0.1, 0.15) is 28.7 Å². The molecule has 2 aromatic carbocycles. The summed E-state index contributed by atoms with van der Waals surface area (Å²) in [6, 6.07) is 15.0. The van der Waals surface area contributed by atoms with E-state index in [9.17, 15) is 4.79 Å². The largest absolute Gasteiger partial charge is 0.378 e. The molecule has 0 atom stereocenters. The van der Waals surface area contributed by atoms with Gasteiger partial charge in [0, 0.05) is 38.8 Å². The molecule has 1 amide bonds. The fourth-order valence-electron chi connectivity index (χ4n) is 3.55. The van der Waals surface area contributed by atoms with Crippen LogP contribution in [0.4, 0.5) is 5.69 Å². The van der Waals surface area contributed by atoms with E-state index in [-0.39, 0.29) is 5.91 Å². The van der Waals surface area contributed by atoms with Crippen molar-refractivity contribution in [3.8, 4) is 0 Å². The van der Waals surface area contributed by atoms with Crippen molar-refractivity contribution in [1.29, 1.82) is 0 Å². The lowest BCUT2D eigenvalue weighted by Crippen LogP contribution is -2.36. The first-order valence-electron chi connectivity index (χ1n) is 9.74. The molecule has 1 fully saturated rings. The van der Waals surface area contributed by atoms with Crippen LogP contribution in [0.2, 0.25) is 0 Å². The SMILES string of the molecule is Cc1ccc(CCC(=O)N(C)Cc2ccc(N3CCOCC3)cc2)c(C)c1. The Morgan fingerprint density at radius 2 is 1.78 bits per heavy atom. The van der Waals surface area contributed by atoms with Gasteiger partial charge in [0.2, 0.25) is 5.91 Å². The maximum absolute atomic E-state index is 12.5. The van der Waals surface area contributed by atoms with Gasteiger partial charge < -0.3 is 14.5 Å². The van der Waals surface area contributed by atoms with E-state index < -0.39 is 0 Å². The van der Waals surface area contributed by atoms with Crippen LogP contribution >= 0.6 is 0 Å². The molecule has 1 aliphatic heterocycles. The number of anilines is 1. The van der Waals surface area contributed by atoms with Gasteiger partial charge in [-0.3, -0.25) is 4.79 Å². The molecule has 2 aromatic rings. The molecular formula is C23H30N2O2. The normalized spacial score (nSPS) is 14.3. The van der Waals surface area contributed by atoms with E-state index >= 15 is 0 Å². The summed E-state index contributed by atoms with van der Waals surface area (Å²) in [7, 11) is 1.89. The average molecular weight is 367 g/mol. The summed E-state index contributed by atoms with van der Waals surface area (Å²) in [4.78, 5) is 16.7. The highest BCUT2D eigenvalue weighted by molar-refractivity contribution is 5.76. The molecule has 0 N–H and O–H groups in total. The summed E-state index contributed by atoms with van der Waals surface area (Å²) in [5.74, 6) is 0.187. The second-order valence-corrected chi connectivity index (χ2v) is 7.45. The molecule has 0 spiro atoms. The Labute approximate surface area is 162 Å². The molecule has 3 rings (SSSR count). The fourth-order valence-corrected chi connectivity index (χ4v) is 3.55. The zero-order valence-corrected chi connectivity index (χ0v) is 16.7. The number of hydrogen-bond acceptors (Lipinski definition) is 3. The predicted octanol–water partition coefficient (Wildman–Crippen LogP) is 3.73. The van der Waals surface area contributed by atoms with Crippen molar-refractivity contribution < 1.29 is 9.53 Å². The molecule has 0 saturated carbocycles. The minimum absolute atomic E-state index is 0.187. The summed E-state index contributed by atoms with van der Waals surface area (Å²) in [6.45, 7) is 8.33. The third kappa shape index (κ3) is 5.33. The van der Waals surface area contributed by atoms with Crippen LogP contribution in [-0.4, -0.2) is 44.2 Å². The third-order valence-corrected chi connectivity index (χ3v) is 5.26. The van der Waals surface area contributed by atoms with Gasteiger partial charge in [0.1, 0.15) is 0 Å². The smallest absolute Gasteiger partial charge is 0.222 e. The average Bonchev–Trinajstić information content (AvgIpc) is 2.68. The highest BCUT2D eigenvalue weighted by Gasteiger charge is 2.13. The molecule has 4 heteroatoms. The van der Waals surface area contributed by atoms with Crippen molar-refractivity contribution in [3.63, 3.8) is 0 Å². The number of carbonyl (C=O) groups is 1. The lowest BCUT2D eigenvalue weighted by Gasteiger charge is -2.29. The number of ether oxygens (including phenoxy) is 1. The zero-order chi connectivity index (χ0) is 19.2. The second kappa shape index (κ2) is 9.05. The lowest BCUT2D eigenvalue weighted by molar-refractivity contribution is -0.130. The first kappa shape index (κ1) is 19.4. The Bertz CT molecular complexity index is 764. The number of amides is 1. The topological polar surface area (TPSA) is 32.8 Å². The van der Waals surface area contributed by atoms with Gasteiger partial charge in [-0.15, -0.1) is 0 Å². The molecule has 0 bridgehead atoms. The molecule has 27 heavy (non-hydrogen) atoms. The maximum atomic E-state index is 12.5. The summed E-state index contributed by atoms with van der Waals surface area (Å²) < 4.78 is 5.41. The van der Waals surface area contributed by atoms with Gasteiger partial charge in [-0.1, -0.05) is 35.9 Å². The van der Waals surface area contributed by atoms with E-state index in [1.165, 1.54) is 22.4 Å². The first-order chi connectivity index (χ1) is 13.0. The lowest BCUT2D eigenvalue weighted by atomic mass is 10.0. The number of benzene rings is 2. The quantitative estimate of drug-likeness (QED) is 0.781. The number of carbonyl (C=O) groups excluding carboxylic acids is 1. The minimum atomic E-state index is 0.187. The Morgan fingerprint density at radius 3 is 2.44 bits per heavy atom. The van der Waals surface area contributed by atoms with Crippen molar-refractivity contribution in [2.75, 3.05) is 38.3 Å². The van der Waals surface area contributed by atoms with Crippen molar-refractivity contribution in [1.82, 2.24) is 4.90 Å². The molecule has 0 radical (unpaired) electrons. The Hall–Kier alpha value is -2.33. The zero-order valence-electron chi connectivity index (χ0n) is 16.7. The Kier molecular flexibility index (Phi) is 6.51. The number of rotatable bonds is 6. The van der Waals surface area contributed by atoms with Crippen LogP contribution < -0.4 is 4.90 Å². The van der Waals surface area contributed by atoms with E-state index in [0.717, 1.165) is 38.3 Å². The van der Waals surface area contributed by atoms with Crippen LogP contribution in [-0.2, 0) is 22.5 Å². The molecule has 0 aromatic heterocycles. The highest BCUT2D eigenvalue weighted by atomic mass is 16.5. The van der Waals surface area contributed by atoms with Gasteiger partial charge >= 0.3 is 0 Å². The van der Waals surface area contributed by atoms with E-state index in [4.69, 9.17) is 4.74 Å². The van der Waals surface area contributed by atoms with E-state index in [1.807, 2.05) is 11.9 Å². The molecule has 0 unspecified atom stereocenters. The molecule has 1 aliphatic rings. The van der Waals surface area contributed by atoms with Crippen LogP contribution in [0.5, 0.6) is 0 Å². The van der Waals surface area contributed by atoms with Gasteiger partial charge in [0.15, 0.2) is 0 Å².